The molecule has 1 rings (SSSR count). The largest absolute Gasteiger partial charge is 0.491 e. The van der Waals surface area contributed by atoms with Gasteiger partial charge < -0.3 is 9.47 Å². The molecule has 0 spiro atoms. The van der Waals surface area contributed by atoms with E-state index in [4.69, 9.17) is 21.1 Å². The minimum atomic E-state index is 0.560. The van der Waals surface area contributed by atoms with E-state index in [0.717, 1.165) is 15.9 Å². The molecule has 78 valence electrons. The molecule has 1 aromatic carbocycles. The predicted octanol–water partition coefficient (Wildman–Crippen LogP) is 3.36. The van der Waals surface area contributed by atoms with Crippen LogP contribution in [0.2, 0.25) is 5.02 Å². The highest BCUT2D eigenvalue weighted by atomic mass is 127. The van der Waals surface area contributed by atoms with Gasteiger partial charge in [0, 0.05) is 15.2 Å². The van der Waals surface area contributed by atoms with Crippen LogP contribution in [0.1, 0.15) is 6.92 Å². The van der Waals surface area contributed by atoms with Gasteiger partial charge in [-0.1, -0.05) is 11.6 Å². The summed E-state index contributed by atoms with van der Waals surface area (Å²) < 4.78 is 11.7. The maximum atomic E-state index is 5.87. The molecule has 0 atom stereocenters. The Hall–Kier alpha value is -0.000000000000000111. The van der Waals surface area contributed by atoms with Crippen LogP contribution in [0, 0.1) is 3.57 Å². The molecule has 0 bridgehead atoms. The van der Waals surface area contributed by atoms with Crippen LogP contribution >= 0.6 is 34.2 Å². The lowest BCUT2D eigenvalue weighted by Gasteiger charge is -2.06. The molecule has 0 aliphatic rings. The molecule has 0 fully saturated rings. The smallest absolute Gasteiger partial charge is 0.121 e. The summed E-state index contributed by atoms with van der Waals surface area (Å²) >= 11 is 8.08. The van der Waals surface area contributed by atoms with Crippen LogP contribution in [0.3, 0.4) is 0 Å². The highest BCUT2D eigenvalue weighted by molar-refractivity contribution is 14.1. The molecule has 0 heterocycles. The van der Waals surface area contributed by atoms with E-state index in [9.17, 15) is 0 Å². The Morgan fingerprint density at radius 1 is 1.29 bits per heavy atom. The van der Waals surface area contributed by atoms with Gasteiger partial charge in [-0.2, -0.15) is 0 Å². The Morgan fingerprint density at radius 2 is 2.07 bits per heavy atom. The second kappa shape index (κ2) is 6.48. The van der Waals surface area contributed by atoms with E-state index in [1.54, 1.807) is 6.07 Å². The molecule has 0 radical (unpaired) electrons. The van der Waals surface area contributed by atoms with Gasteiger partial charge in [-0.05, 0) is 47.7 Å². The maximum Gasteiger partial charge on any atom is 0.121 e. The fourth-order valence-electron chi connectivity index (χ4n) is 0.975. The van der Waals surface area contributed by atoms with E-state index in [1.165, 1.54) is 0 Å². The van der Waals surface area contributed by atoms with E-state index in [2.05, 4.69) is 22.6 Å². The SMILES string of the molecule is CCOCCOc1cc(Cl)cc(I)c1. The number of ether oxygens (including phenoxy) is 2. The summed E-state index contributed by atoms with van der Waals surface area (Å²) in [6.07, 6.45) is 0. The molecular formula is C10H12ClIO2. The van der Waals surface area contributed by atoms with E-state index in [-0.39, 0.29) is 0 Å². The van der Waals surface area contributed by atoms with Crippen molar-refractivity contribution in [1.29, 1.82) is 0 Å². The van der Waals surface area contributed by atoms with Crippen LogP contribution < -0.4 is 4.74 Å². The van der Waals surface area contributed by atoms with Crippen molar-refractivity contribution < 1.29 is 9.47 Å². The van der Waals surface area contributed by atoms with E-state index in [1.807, 2.05) is 19.1 Å². The summed E-state index contributed by atoms with van der Waals surface area (Å²) in [6, 6.07) is 5.63. The molecule has 4 heteroatoms. The van der Waals surface area contributed by atoms with Gasteiger partial charge in [0.25, 0.3) is 0 Å². The van der Waals surface area contributed by atoms with Crippen molar-refractivity contribution in [3.63, 3.8) is 0 Å². The molecule has 0 saturated carbocycles. The van der Waals surface area contributed by atoms with Gasteiger partial charge in [0.05, 0.1) is 6.61 Å². The lowest BCUT2D eigenvalue weighted by atomic mass is 10.3. The summed E-state index contributed by atoms with van der Waals surface area (Å²) in [7, 11) is 0. The van der Waals surface area contributed by atoms with Crippen LogP contribution in [0.5, 0.6) is 5.75 Å². The second-order valence-corrected chi connectivity index (χ2v) is 4.33. The first kappa shape index (κ1) is 12.1. The average molecular weight is 327 g/mol. The molecule has 0 unspecified atom stereocenters. The van der Waals surface area contributed by atoms with Crippen LogP contribution in [-0.2, 0) is 4.74 Å². The van der Waals surface area contributed by atoms with Gasteiger partial charge in [0.1, 0.15) is 12.4 Å². The quantitative estimate of drug-likeness (QED) is 0.610. The van der Waals surface area contributed by atoms with Crippen LogP contribution in [0.15, 0.2) is 18.2 Å². The molecule has 0 aromatic heterocycles. The van der Waals surface area contributed by atoms with Crippen molar-refractivity contribution >= 4 is 34.2 Å². The first-order chi connectivity index (χ1) is 6.72. The molecule has 14 heavy (non-hydrogen) atoms. The van der Waals surface area contributed by atoms with Crippen molar-refractivity contribution in [2.75, 3.05) is 19.8 Å². The average Bonchev–Trinajstić information content (AvgIpc) is 2.11. The molecular weight excluding hydrogens is 314 g/mol. The zero-order chi connectivity index (χ0) is 10.4. The summed E-state index contributed by atoms with van der Waals surface area (Å²) in [6.45, 7) is 3.85. The van der Waals surface area contributed by atoms with E-state index >= 15 is 0 Å². The topological polar surface area (TPSA) is 18.5 Å². The summed E-state index contributed by atoms with van der Waals surface area (Å²) in [5.41, 5.74) is 0. The normalized spacial score (nSPS) is 10.2. The molecule has 1 aromatic rings. The van der Waals surface area contributed by atoms with Crippen LogP contribution in [0.25, 0.3) is 0 Å². The Bertz CT molecular complexity index is 271. The molecule has 0 aliphatic heterocycles. The number of benzene rings is 1. The van der Waals surface area contributed by atoms with Crippen molar-refractivity contribution in [3.05, 3.63) is 26.8 Å². The van der Waals surface area contributed by atoms with Crippen LogP contribution in [-0.4, -0.2) is 19.8 Å². The maximum absolute atomic E-state index is 5.87. The molecule has 0 saturated heterocycles. The predicted molar refractivity (Wildman–Crippen MR) is 66.2 cm³/mol. The fourth-order valence-corrected chi connectivity index (χ4v) is 2.03. The standard InChI is InChI=1S/C10H12ClIO2/c1-2-13-3-4-14-10-6-8(11)5-9(12)7-10/h5-7H,2-4H2,1H3. The highest BCUT2D eigenvalue weighted by Gasteiger charge is 1.98. The van der Waals surface area contributed by atoms with Crippen molar-refractivity contribution in [2.45, 2.75) is 6.92 Å². The third-order valence-electron chi connectivity index (χ3n) is 1.54. The van der Waals surface area contributed by atoms with E-state index < -0.39 is 0 Å². The molecule has 0 amide bonds. The number of hydrogen-bond donors (Lipinski definition) is 0. The van der Waals surface area contributed by atoms with Crippen molar-refractivity contribution in [2.24, 2.45) is 0 Å². The zero-order valence-corrected chi connectivity index (χ0v) is 10.8. The van der Waals surface area contributed by atoms with Gasteiger partial charge in [-0.25, -0.2) is 0 Å². The Morgan fingerprint density at radius 3 is 2.71 bits per heavy atom. The van der Waals surface area contributed by atoms with Gasteiger partial charge >= 0.3 is 0 Å². The van der Waals surface area contributed by atoms with Gasteiger partial charge in [-0.3, -0.25) is 0 Å². The number of hydrogen-bond acceptors (Lipinski definition) is 2. The Balaban J connectivity index is 2.42. The summed E-state index contributed by atoms with van der Waals surface area (Å²) in [5.74, 6) is 0.793. The van der Waals surface area contributed by atoms with Crippen molar-refractivity contribution in [3.8, 4) is 5.75 Å². The Labute approximate surface area is 103 Å². The van der Waals surface area contributed by atoms with Crippen molar-refractivity contribution in [1.82, 2.24) is 0 Å². The summed E-state index contributed by atoms with van der Waals surface area (Å²) in [5, 5.41) is 0.698. The minimum Gasteiger partial charge on any atom is -0.491 e. The monoisotopic (exact) mass is 326 g/mol. The van der Waals surface area contributed by atoms with Gasteiger partial charge in [0.2, 0.25) is 0 Å². The second-order valence-electron chi connectivity index (χ2n) is 2.65. The minimum absolute atomic E-state index is 0.560. The fraction of sp³-hybridized carbons (Fsp3) is 0.400. The molecule has 2 nitrogen and oxygen atoms in total. The lowest BCUT2D eigenvalue weighted by Crippen LogP contribution is -2.06. The highest BCUT2D eigenvalue weighted by Crippen LogP contribution is 2.21. The molecule has 0 aliphatic carbocycles. The molecule has 0 N–H and O–H groups in total. The number of halogens is 2. The first-order valence-electron chi connectivity index (χ1n) is 4.39. The van der Waals surface area contributed by atoms with Crippen LogP contribution in [0.4, 0.5) is 0 Å². The summed E-state index contributed by atoms with van der Waals surface area (Å²) in [4.78, 5) is 0. The van der Waals surface area contributed by atoms with E-state index in [0.29, 0.717) is 18.2 Å². The van der Waals surface area contributed by atoms with Gasteiger partial charge in [0.15, 0.2) is 0 Å². The third kappa shape index (κ3) is 4.48. The number of rotatable bonds is 5. The lowest BCUT2D eigenvalue weighted by molar-refractivity contribution is 0.110. The third-order valence-corrected chi connectivity index (χ3v) is 2.38. The Kier molecular flexibility index (Phi) is 5.59. The zero-order valence-electron chi connectivity index (χ0n) is 7.93. The first-order valence-corrected chi connectivity index (χ1v) is 5.84. The van der Waals surface area contributed by atoms with Gasteiger partial charge in [-0.15, -0.1) is 0 Å².